The van der Waals surface area contributed by atoms with Crippen molar-refractivity contribution in [2.24, 2.45) is 0 Å². The van der Waals surface area contributed by atoms with Gasteiger partial charge in [-0.25, -0.2) is 9.37 Å². The van der Waals surface area contributed by atoms with Crippen LogP contribution in [-0.4, -0.2) is 24.1 Å². The predicted octanol–water partition coefficient (Wildman–Crippen LogP) is 3.06. The van der Waals surface area contributed by atoms with E-state index in [9.17, 15) is 4.39 Å². The van der Waals surface area contributed by atoms with Gasteiger partial charge in [0, 0.05) is 25.1 Å². The van der Waals surface area contributed by atoms with E-state index in [-0.39, 0.29) is 5.82 Å². The number of halogens is 2. The van der Waals surface area contributed by atoms with Crippen LogP contribution >= 0.6 is 15.9 Å². The molecule has 0 aliphatic carbocycles. The lowest BCUT2D eigenvalue weighted by atomic mass is 10.2. The zero-order valence-corrected chi connectivity index (χ0v) is 12.3. The predicted molar refractivity (Wildman–Crippen MR) is 77.8 cm³/mol. The summed E-state index contributed by atoms with van der Waals surface area (Å²) in [6.45, 7) is 0.566. The van der Waals surface area contributed by atoms with Crippen molar-refractivity contribution in [3.63, 3.8) is 0 Å². The highest BCUT2D eigenvalue weighted by atomic mass is 79.9. The molecule has 0 amide bonds. The van der Waals surface area contributed by atoms with Gasteiger partial charge >= 0.3 is 0 Å². The normalized spacial score (nSPS) is 10.3. The Hall–Kier alpha value is -1.69. The second-order valence-corrected chi connectivity index (χ2v) is 5.02. The highest BCUT2D eigenvalue weighted by Crippen LogP contribution is 2.19. The van der Waals surface area contributed by atoms with Crippen LogP contribution in [0.5, 0.6) is 0 Å². The van der Waals surface area contributed by atoms with E-state index in [0.717, 1.165) is 10.0 Å². The second-order valence-electron chi connectivity index (χ2n) is 4.10. The third kappa shape index (κ3) is 3.41. The van der Waals surface area contributed by atoms with E-state index >= 15 is 0 Å². The Morgan fingerprint density at radius 3 is 2.89 bits per heavy atom. The van der Waals surface area contributed by atoms with Gasteiger partial charge in [0.05, 0.1) is 6.20 Å². The van der Waals surface area contributed by atoms with Crippen molar-refractivity contribution in [2.75, 3.05) is 24.3 Å². The number of benzene rings is 1. The Labute approximate surface area is 119 Å². The number of nitrogens with one attached hydrogen (secondary N) is 1. The van der Waals surface area contributed by atoms with Crippen molar-refractivity contribution in [1.29, 1.82) is 0 Å². The molecule has 100 valence electrons. The van der Waals surface area contributed by atoms with Gasteiger partial charge in [0.2, 0.25) is 5.95 Å². The molecule has 6 heteroatoms. The maximum atomic E-state index is 13.7. The zero-order valence-electron chi connectivity index (χ0n) is 10.7. The van der Waals surface area contributed by atoms with Crippen LogP contribution in [0.15, 0.2) is 34.9 Å². The van der Waals surface area contributed by atoms with Crippen LogP contribution in [0.25, 0.3) is 0 Å². The molecule has 0 spiro atoms. The summed E-state index contributed by atoms with van der Waals surface area (Å²) < 4.78 is 14.7. The molecular weight excluding hydrogens is 311 g/mol. The quantitative estimate of drug-likeness (QED) is 0.938. The minimum absolute atomic E-state index is 0.277. The summed E-state index contributed by atoms with van der Waals surface area (Å²) >= 11 is 3.42. The Bertz CT molecular complexity index is 576. The Balaban J connectivity index is 2.22. The standard InChI is InChI=1S/C13H14BrFN4/c1-16-13-17-7-11(15)12(18-13)19(2)8-9-4-3-5-10(14)6-9/h3-7H,8H2,1-2H3,(H,16,17,18). The fourth-order valence-corrected chi connectivity index (χ4v) is 2.18. The molecule has 1 aromatic heterocycles. The third-order valence-corrected chi connectivity index (χ3v) is 3.11. The van der Waals surface area contributed by atoms with E-state index in [1.807, 2.05) is 24.3 Å². The molecule has 0 bridgehead atoms. The molecule has 0 fully saturated rings. The van der Waals surface area contributed by atoms with Crippen molar-refractivity contribution in [3.8, 4) is 0 Å². The van der Waals surface area contributed by atoms with E-state index in [1.54, 1.807) is 19.0 Å². The van der Waals surface area contributed by atoms with Crippen molar-refractivity contribution < 1.29 is 4.39 Å². The number of rotatable bonds is 4. The molecule has 2 rings (SSSR count). The third-order valence-electron chi connectivity index (χ3n) is 2.62. The molecule has 0 atom stereocenters. The van der Waals surface area contributed by atoms with Gasteiger partial charge in [-0.15, -0.1) is 0 Å². The Kier molecular flexibility index (Phi) is 4.31. The lowest BCUT2D eigenvalue weighted by Gasteiger charge is -2.19. The summed E-state index contributed by atoms with van der Waals surface area (Å²) in [7, 11) is 3.50. The zero-order chi connectivity index (χ0) is 13.8. The number of hydrogen-bond acceptors (Lipinski definition) is 4. The van der Waals surface area contributed by atoms with E-state index in [1.165, 1.54) is 6.20 Å². The maximum Gasteiger partial charge on any atom is 0.224 e. The van der Waals surface area contributed by atoms with Gasteiger partial charge in [-0.3, -0.25) is 0 Å². The lowest BCUT2D eigenvalue weighted by molar-refractivity contribution is 0.608. The Morgan fingerprint density at radius 1 is 1.42 bits per heavy atom. The van der Waals surface area contributed by atoms with Crippen molar-refractivity contribution in [3.05, 3.63) is 46.3 Å². The number of hydrogen-bond donors (Lipinski definition) is 1. The van der Waals surface area contributed by atoms with Gasteiger partial charge in [-0.1, -0.05) is 28.1 Å². The van der Waals surface area contributed by atoms with Gasteiger partial charge in [0.25, 0.3) is 0 Å². The molecule has 0 aliphatic rings. The number of nitrogens with zero attached hydrogens (tertiary/aromatic N) is 3. The lowest BCUT2D eigenvalue weighted by Crippen LogP contribution is -2.20. The summed E-state index contributed by atoms with van der Waals surface area (Å²) in [5.74, 6) is 0.244. The molecule has 1 heterocycles. The van der Waals surface area contributed by atoms with Gasteiger partial charge in [-0.05, 0) is 17.7 Å². The first-order valence-corrected chi connectivity index (χ1v) is 6.55. The molecular formula is C13H14BrFN4. The summed E-state index contributed by atoms with van der Waals surface area (Å²) in [5, 5.41) is 2.80. The summed E-state index contributed by atoms with van der Waals surface area (Å²) in [5.41, 5.74) is 1.07. The monoisotopic (exact) mass is 324 g/mol. The van der Waals surface area contributed by atoms with E-state index in [2.05, 4.69) is 31.2 Å². The van der Waals surface area contributed by atoms with Crippen LogP contribution in [0, 0.1) is 5.82 Å². The van der Waals surface area contributed by atoms with Gasteiger partial charge in [-0.2, -0.15) is 4.98 Å². The molecule has 0 saturated carbocycles. The SMILES string of the molecule is CNc1ncc(F)c(N(C)Cc2cccc(Br)c2)n1. The average Bonchev–Trinajstić information content (AvgIpc) is 2.39. The minimum Gasteiger partial charge on any atom is -0.357 e. The summed E-state index contributed by atoms with van der Waals surface area (Å²) in [6, 6.07) is 7.88. The molecule has 19 heavy (non-hydrogen) atoms. The van der Waals surface area contributed by atoms with Crippen LogP contribution < -0.4 is 10.2 Å². The van der Waals surface area contributed by atoms with Crippen molar-refractivity contribution >= 4 is 27.7 Å². The van der Waals surface area contributed by atoms with Crippen LogP contribution in [0.2, 0.25) is 0 Å². The van der Waals surface area contributed by atoms with E-state index in [0.29, 0.717) is 12.5 Å². The summed E-state index contributed by atoms with van der Waals surface area (Å²) in [6.07, 6.45) is 1.17. The topological polar surface area (TPSA) is 41.1 Å². The highest BCUT2D eigenvalue weighted by molar-refractivity contribution is 9.10. The molecule has 4 nitrogen and oxygen atoms in total. The molecule has 0 saturated heterocycles. The molecule has 0 radical (unpaired) electrons. The first-order valence-electron chi connectivity index (χ1n) is 5.76. The van der Waals surface area contributed by atoms with Crippen LogP contribution in [0.3, 0.4) is 0 Å². The Morgan fingerprint density at radius 2 is 2.21 bits per heavy atom. The first kappa shape index (κ1) is 13.7. The van der Waals surface area contributed by atoms with Gasteiger partial charge < -0.3 is 10.2 Å². The number of aromatic nitrogens is 2. The first-order chi connectivity index (χ1) is 9.10. The fraction of sp³-hybridized carbons (Fsp3) is 0.231. The average molecular weight is 325 g/mol. The largest absolute Gasteiger partial charge is 0.357 e. The molecule has 2 aromatic rings. The van der Waals surface area contributed by atoms with E-state index < -0.39 is 5.82 Å². The van der Waals surface area contributed by atoms with Crippen LogP contribution in [-0.2, 0) is 6.54 Å². The highest BCUT2D eigenvalue weighted by Gasteiger charge is 2.11. The van der Waals surface area contributed by atoms with Crippen LogP contribution in [0.1, 0.15) is 5.56 Å². The fourth-order valence-electron chi connectivity index (χ4n) is 1.73. The van der Waals surface area contributed by atoms with Gasteiger partial charge in [0.1, 0.15) is 0 Å². The minimum atomic E-state index is -0.434. The molecule has 0 unspecified atom stereocenters. The molecule has 0 aliphatic heterocycles. The number of anilines is 2. The second kappa shape index (κ2) is 5.97. The maximum absolute atomic E-state index is 13.7. The smallest absolute Gasteiger partial charge is 0.224 e. The van der Waals surface area contributed by atoms with Gasteiger partial charge in [0.15, 0.2) is 11.6 Å². The van der Waals surface area contributed by atoms with E-state index in [4.69, 9.17) is 0 Å². The molecule has 1 N–H and O–H groups in total. The van der Waals surface area contributed by atoms with Crippen molar-refractivity contribution in [1.82, 2.24) is 9.97 Å². The van der Waals surface area contributed by atoms with Crippen molar-refractivity contribution in [2.45, 2.75) is 6.54 Å². The summed E-state index contributed by atoms with van der Waals surface area (Å²) in [4.78, 5) is 9.71. The van der Waals surface area contributed by atoms with Crippen LogP contribution in [0.4, 0.5) is 16.2 Å². The molecule has 1 aromatic carbocycles.